The molecule has 3 aromatic rings. The van der Waals surface area contributed by atoms with Crippen molar-refractivity contribution in [1.82, 2.24) is 4.57 Å². The SMILES string of the molecule is NS(=O)(=O)c1ccc(-n2ccc3ccccc32)cc1. The Kier molecular flexibility index (Phi) is 2.66. The van der Waals surface area contributed by atoms with Crippen LogP contribution in [-0.4, -0.2) is 13.0 Å². The summed E-state index contributed by atoms with van der Waals surface area (Å²) in [5.74, 6) is 0. The molecule has 4 nitrogen and oxygen atoms in total. The third-order valence-corrected chi connectivity index (χ3v) is 3.97. The van der Waals surface area contributed by atoms with Crippen molar-refractivity contribution >= 4 is 20.9 Å². The lowest BCUT2D eigenvalue weighted by Crippen LogP contribution is -2.11. The van der Waals surface area contributed by atoms with Gasteiger partial charge >= 0.3 is 0 Å². The lowest BCUT2D eigenvalue weighted by atomic mass is 10.2. The molecule has 19 heavy (non-hydrogen) atoms. The van der Waals surface area contributed by atoms with Crippen molar-refractivity contribution in [3.63, 3.8) is 0 Å². The Morgan fingerprint density at radius 3 is 2.26 bits per heavy atom. The van der Waals surface area contributed by atoms with Gasteiger partial charge in [0, 0.05) is 11.9 Å². The Morgan fingerprint density at radius 2 is 1.58 bits per heavy atom. The molecule has 0 spiro atoms. The smallest absolute Gasteiger partial charge is 0.238 e. The number of benzene rings is 2. The number of para-hydroxylation sites is 1. The molecule has 2 N–H and O–H groups in total. The van der Waals surface area contributed by atoms with Gasteiger partial charge in [-0.3, -0.25) is 0 Å². The van der Waals surface area contributed by atoms with Crippen molar-refractivity contribution in [1.29, 1.82) is 0 Å². The molecule has 1 heterocycles. The molecular formula is C14H12N2O2S. The van der Waals surface area contributed by atoms with E-state index in [1.54, 1.807) is 12.1 Å². The molecule has 0 aliphatic rings. The standard InChI is InChI=1S/C14H12N2O2S/c15-19(17,18)13-7-5-12(6-8-13)16-10-9-11-3-1-2-4-14(11)16/h1-10H,(H2,15,17,18). The first kappa shape index (κ1) is 12.0. The van der Waals surface area contributed by atoms with Crippen LogP contribution < -0.4 is 5.14 Å². The largest absolute Gasteiger partial charge is 0.317 e. The van der Waals surface area contributed by atoms with E-state index in [1.807, 2.05) is 41.1 Å². The van der Waals surface area contributed by atoms with Gasteiger partial charge in [-0.15, -0.1) is 0 Å². The molecule has 3 rings (SSSR count). The van der Waals surface area contributed by atoms with Crippen LogP contribution in [0.2, 0.25) is 0 Å². The maximum atomic E-state index is 11.2. The topological polar surface area (TPSA) is 65.1 Å². The Hall–Kier alpha value is -2.11. The predicted molar refractivity (Wildman–Crippen MR) is 74.6 cm³/mol. The maximum Gasteiger partial charge on any atom is 0.238 e. The van der Waals surface area contributed by atoms with Gasteiger partial charge in [-0.05, 0) is 41.8 Å². The van der Waals surface area contributed by atoms with Crippen molar-refractivity contribution in [2.45, 2.75) is 4.90 Å². The average Bonchev–Trinajstić information content (AvgIpc) is 2.82. The van der Waals surface area contributed by atoms with Gasteiger partial charge in [-0.25, -0.2) is 13.6 Å². The van der Waals surface area contributed by atoms with Crippen LogP contribution in [0.15, 0.2) is 65.7 Å². The van der Waals surface area contributed by atoms with Gasteiger partial charge in [0.2, 0.25) is 10.0 Å². The van der Waals surface area contributed by atoms with E-state index in [4.69, 9.17) is 5.14 Å². The van der Waals surface area contributed by atoms with Crippen LogP contribution in [0, 0.1) is 0 Å². The predicted octanol–water partition coefficient (Wildman–Crippen LogP) is 2.28. The average molecular weight is 272 g/mol. The quantitative estimate of drug-likeness (QED) is 0.777. The van der Waals surface area contributed by atoms with E-state index in [1.165, 1.54) is 12.1 Å². The van der Waals surface area contributed by atoms with E-state index < -0.39 is 10.0 Å². The van der Waals surface area contributed by atoms with Crippen molar-refractivity contribution in [2.24, 2.45) is 5.14 Å². The molecular weight excluding hydrogens is 260 g/mol. The summed E-state index contributed by atoms with van der Waals surface area (Å²) in [4.78, 5) is 0.118. The number of nitrogens with two attached hydrogens (primary N) is 1. The molecule has 0 aliphatic carbocycles. The molecule has 0 bridgehead atoms. The van der Waals surface area contributed by atoms with Crippen LogP contribution in [0.4, 0.5) is 0 Å². The molecule has 0 saturated heterocycles. The normalized spacial score (nSPS) is 11.8. The summed E-state index contributed by atoms with van der Waals surface area (Å²) in [7, 11) is -3.64. The Morgan fingerprint density at radius 1 is 0.895 bits per heavy atom. The molecule has 2 aromatic carbocycles. The fourth-order valence-corrected chi connectivity index (χ4v) is 2.62. The van der Waals surface area contributed by atoms with Crippen LogP contribution in [0.5, 0.6) is 0 Å². The van der Waals surface area contributed by atoms with Gasteiger partial charge in [0.05, 0.1) is 10.4 Å². The van der Waals surface area contributed by atoms with E-state index in [0.717, 1.165) is 16.6 Å². The molecule has 0 fully saturated rings. The number of nitrogens with zero attached hydrogens (tertiary/aromatic N) is 1. The minimum Gasteiger partial charge on any atom is -0.317 e. The van der Waals surface area contributed by atoms with Crippen molar-refractivity contribution in [3.8, 4) is 5.69 Å². The van der Waals surface area contributed by atoms with Crippen LogP contribution in [0.1, 0.15) is 0 Å². The fourth-order valence-electron chi connectivity index (χ4n) is 2.10. The summed E-state index contributed by atoms with van der Waals surface area (Å²) in [6, 6.07) is 16.5. The van der Waals surface area contributed by atoms with E-state index in [9.17, 15) is 8.42 Å². The van der Waals surface area contributed by atoms with Gasteiger partial charge < -0.3 is 4.57 Å². The van der Waals surface area contributed by atoms with E-state index in [0.29, 0.717) is 0 Å². The zero-order valence-corrected chi connectivity index (χ0v) is 10.8. The summed E-state index contributed by atoms with van der Waals surface area (Å²) < 4.78 is 24.4. The zero-order chi connectivity index (χ0) is 13.5. The first-order chi connectivity index (χ1) is 9.05. The highest BCUT2D eigenvalue weighted by Crippen LogP contribution is 2.21. The van der Waals surface area contributed by atoms with Crippen LogP contribution in [-0.2, 0) is 10.0 Å². The molecule has 0 aliphatic heterocycles. The number of aromatic nitrogens is 1. The van der Waals surface area contributed by atoms with Gasteiger partial charge in [0.15, 0.2) is 0 Å². The summed E-state index contributed by atoms with van der Waals surface area (Å²) in [5, 5.41) is 6.22. The van der Waals surface area contributed by atoms with Gasteiger partial charge in [-0.1, -0.05) is 18.2 Å². The first-order valence-electron chi connectivity index (χ1n) is 5.75. The highest BCUT2D eigenvalue weighted by Gasteiger charge is 2.08. The molecule has 0 amide bonds. The Balaban J connectivity index is 2.12. The lowest BCUT2D eigenvalue weighted by Gasteiger charge is -2.06. The number of hydrogen-bond donors (Lipinski definition) is 1. The van der Waals surface area contributed by atoms with Gasteiger partial charge in [0.1, 0.15) is 0 Å². The zero-order valence-electron chi connectivity index (χ0n) is 10.0. The second kappa shape index (κ2) is 4.22. The molecule has 0 unspecified atom stereocenters. The maximum absolute atomic E-state index is 11.2. The highest BCUT2D eigenvalue weighted by atomic mass is 32.2. The van der Waals surface area contributed by atoms with Crippen molar-refractivity contribution < 1.29 is 8.42 Å². The van der Waals surface area contributed by atoms with Crippen LogP contribution in [0.25, 0.3) is 16.6 Å². The minimum absolute atomic E-state index is 0.118. The summed E-state index contributed by atoms with van der Waals surface area (Å²) in [6.07, 6.45) is 1.95. The molecule has 0 radical (unpaired) electrons. The van der Waals surface area contributed by atoms with Crippen molar-refractivity contribution in [3.05, 3.63) is 60.8 Å². The van der Waals surface area contributed by atoms with E-state index >= 15 is 0 Å². The lowest BCUT2D eigenvalue weighted by molar-refractivity contribution is 0.598. The molecule has 0 saturated carbocycles. The number of primary sulfonamides is 1. The summed E-state index contributed by atoms with van der Waals surface area (Å²) >= 11 is 0. The summed E-state index contributed by atoms with van der Waals surface area (Å²) in [6.45, 7) is 0. The van der Waals surface area contributed by atoms with Gasteiger partial charge in [0.25, 0.3) is 0 Å². The molecule has 96 valence electrons. The summed E-state index contributed by atoms with van der Waals surface area (Å²) in [5.41, 5.74) is 1.97. The van der Waals surface area contributed by atoms with Crippen LogP contribution >= 0.6 is 0 Å². The van der Waals surface area contributed by atoms with Gasteiger partial charge in [-0.2, -0.15) is 0 Å². The second-order valence-electron chi connectivity index (χ2n) is 4.28. The number of rotatable bonds is 2. The monoisotopic (exact) mass is 272 g/mol. The molecule has 0 atom stereocenters. The fraction of sp³-hybridized carbons (Fsp3) is 0. The third-order valence-electron chi connectivity index (χ3n) is 3.04. The molecule has 1 aromatic heterocycles. The molecule has 5 heteroatoms. The van der Waals surface area contributed by atoms with Crippen LogP contribution in [0.3, 0.4) is 0 Å². The Labute approximate surface area is 111 Å². The highest BCUT2D eigenvalue weighted by molar-refractivity contribution is 7.89. The van der Waals surface area contributed by atoms with Crippen molar-refractivity contribution in [2.75, 3.05) is 0 Å². The third kappa shape index (κ3) is 2.14. The number of hydrogen-bond acceptors (Lipinski definition) is 2. The number of sulfonamides is 1. The first-order valence-corrected chi connectivity index (χ1v) is 7.30. The number of fused-ring (bicyclic) bond motifs is 1. The second-order valence-corrected chi connectivity index (χ2v) is 5.84. The van der Waals surface area contributed by atoms with E-state index in [2.05, 4.69) is 0 Å². The minimum atomic E-state index is -3.64. The Bertz CT molecular complexity index is 833. The van der Waals surface area contributed by atoms with E-state index in [-0.39, 0.29) is 4.90 Å².